The van der Waals surface area contributed by atoms with Crippen LogP contribution in [-0.2, 0) is 4.74 Å². The van der Waals surface area contributed by atoms with Crippen molar-refractivity contribution in [1.29, 1.82) is 0 Å². The molecule has 1 amide bonds. The molecule has 0 fully saturated rings. The number of ether oxygens (including phenoxy) is 2. The van der Waals surface area contributed by atoms with E-state index in [2.05, 4.69) is 22.5 Å². The molecular weight excluding hydrogens is 486 g/mol. The van der Waals surface area contributed by atoms with Gasteiger partial charge in [0.2, 0.25) is 5.76 Å². The number of amides is 1. The molecule has 33 heavy (non-hydrogen) atoms. The minimum atomic E-state index is -0.571. The average molecular weight is 512 g/mol. The molecule has 2 heterocycles. The number of carbonyl (C=O) groups excluding carboxylic acids is 1. The largest absolute Gasteiger partial charge is 0.490 e. The Morgan fingerprint density at radius 1 is 1.21 bits per heavy atom. The SMILES string of the molecule is C=CCOc1cccc(C2c3c(oc4ccc(Br)cc4c3=O)C(=O)N2CCCOC(C)C)c1. The second-order valence-corrected chi connectivity index (χ2v) is 9.08. The van der Waals surface area contributed by atoms with E-state index in [9.17, 15) is 9.59 Å². The summed E-state index contributed by atoms with van der Waals surface area (Å²) in [4.78, 5) is 28.7. The van der Waals surface area contributed by atoms with Crippen molar-refractivity contribution in [3.8, 4) is 5.75 Å². The summed E-state index contributed by atoms with van der Waals surface area (Å²) in [7, 11) is 0. The van der Waals surface area contributed by atoms with Crippen molar-refractivity contribution in [1.82, 2.24) is 4.90 Å². The predicted molar refractivity (Wildman–Crippen MR) is 131 cm³/mol. The molecule has 4 rings (SSSR count). The van der Waals surface area contributed by atoms with Crippen molar-refractivity contribution < 1.29 is 18.7 Å². The van der Waals surface area contributed by atoms with Gasteiger partial charge in [0.05, 0.1) is 23.1 Å². The van der Waals surface area contributed by atoms with Gasteiger partial charge in [0.15, 0.2) is 5.43 Å². The van der Waals surface area contributed by atoms with Crippen LogP contribution in [0.25, 0.3) is 11.0 Å². The second-order valence-electron chi connectivity index (χ2n) is 8.16. The van der Waals surface area contributed by atoms with Crippen molar-refractivity contribution in [2.75, 3.05) is 19.8 Å². The summed E-state index contributed by atoms with van der Waals surface area (Å²) < 4.78 is 18.1. The van der Waals surface area contributed by atoms with Crippen molar-refractivity contribution in [2.45, 2.75) is 32.4 Å². The Morgan fingerprint density at radius 3 is 2.79 bits per heavy atom. The van der Waals surface area contributed by atoms with Crippen LogP contribution in [0, 0.1) is 0 Å². The predicted octanol–water partition coefficient (Wildman–Crippen LogP) is 5.48. The van der Waals surface area contributed by atoms with Crippen LogP contribution >= 0.6 is 15.9 Å². The number of fused-ring (bicyclic) bond motifs is 2. The van der Waals surface area contributed by atoms with Crippen LogP contribution in [0.1, 0.15) is 48.0 Å². The van der Waals surface area contributed by atoms with E-state index < -0.39 is 6.04 Å². The van der Waals surface area contributed by atoms with Gasteiger partial charge in [-0.15, -0.1) is 0 Å². The average Bonchev–Trinajstić information content (AvgIpc) is 3.08. The lowest BCUT2D eigenvalue weighted by atomic mass is 9.98. The fraction of sp³-hybridized carbons (Fsp3) is 0.308. The monoisotopic (exact) mass is 511 g/mol. The minimum Gasteiger partial charge on any atom is -0.490 e. The molecule has 0 bridgehead atoms. The summed E-state index contributed by atoms with van der Waals surface area (Å²) in [5.41, 5.74) is 1.33. The first-order chi connectivity index (χ1) is 15.9. The molecular formula is C26H26BrNO5. The lowest BCUT2D eigenvalue weighted by Gasteiger charge is -2.25. The summed E-state index contributed by atoms with van der Waals surface area (Å²) in [6.45, 7) is 8.93. The third-order valence-corrected chi connectivity index (χ3v) is 5.96. The van der Waals surface area contributed by atoms with Crippen molar-refractivity contribution in [3.63, 3.8) is 0 Å². The number of carbonyl (C=O) groups is 1. The number of hydrogen-bond donors (Lipinski definition) is 0. The summed E-state index contributed by atoms with van der Waals surface area (Å²) >= 11 is 3.42. The molecule has 2 aromatic carbocycles. The van der Waals surface area contributed by atoms with Crippen LogP contribution in [0.2, 0.25) is 0 Å². The van der Waals surface area contributed by atoms with E-state index in [0.29, 0.717) is 48.5 Å². The van der Waals surface area contributed by atoms with Gasteiger partial charge in [-0.1, -0.05) is 40.7 Å². The Hall–Kier alpha value is -2.90. The third-order valence-electron chi connectivity index (χ3n) is 5.46. The molecule has 6 nitrogen and oxygen atoms in total. The molecule has 0 saturated heterocycles. The van der Waals surface area contributed by atoms with Crippen molar-refractivity contribution >= 4 is 32.8 Å². The van der Waals surface area contributed by atoms with Gasteiger partial charge in [0.1, 0.15) is 17.9 Å². The Morgan fingerprint density at radius 2 is 2.03 bits per heavy atom. The van der Waals surface area contributed by atoms with Crippen LogP contribution in [0.5, 0.6) is 5.75 Å². The molecule has 3 aromatic rings. The first-order valence-corrected chi connectivity index (χ1v) is 11.7. The van der Waals surface area contributed by atoms with Gasteiger partial charge in [-0.2, -0.15) is 0 Å². The van der Waals surface area contributed by atoms with E-state index >= 15 is 0 Å². The number of benzene rings is 2. The maximum absolute atomic E-state index is 13.6. The molecule has 0 spiro atoms. The van der Waals surface area contributed by atoms with E-state index in [-0.39, 0.29) is 23.2 Å². The molecule has 1 aliphatic rings. The third kappa shape index (κ3) is 4.75. The van der Waals surface area contributed by atoms with E-state index in [1.54, 1.807) is 29.2 Å². The molecule has 0 saturated carbocycles. The van der Waals surface area contributed by atoms with Gasteiger partial charge in [-0.05, 0) is 56.2 Å². The minimum absolute atomic E-state index is 0.0991. The molecule has 7 heteroatoms. The number of hydrogen-bond acceptors (Lipinski definition) is 5. The summed E-state index contributed by atoms with van der Waals surface area (Å²) in [5, 5.41) is 0.435. The highest BCUT2D eigenvalue weighted by Crippen LogP contribution is 2.39. The zero-order chi connectivity index (χ0) is 23.5. The van der Waals surface area contributed by atoms with Gasteiger partial charge >= 0.3 is 0 Å². The molecule has 1 atom stereocenters. The van der Waals surface area contributed by atoms with Crippen molar-refractivity contribution in [2.24, 2.45) is 0 Å². The lowest BCUT2D eigenvalue weighted by molar-refractivity contribution is 0.0593. The first kappa shape index (κ1) is 23.3. The Balaban J connectivity index is 1.80. The topological polar surface area (TPSA) is 69.0 Å². The maximum atomic E-state index is 13.6. The number of halogens is 1. The van der Waals surface area contributed by atoms with Gasteiger partial charge < -0.3 is 18.8 Å². The maximum Gasteiger partial charge on any atom is 0.290 e. The Kier molecular flexibility index (Phi) is 7.00. The van der Waals surface area contributed by atoms with Gasteiger partial charge in [-0.25, -0.2) is 0 Å². The molecule has 0 N–H and O–H groups in total. The number of rotatable bonds is 9. The van der Waals surface area contributed by atoms with Crippen molar-refractivity contribution in [3.05, 3.63) is 86.7 Å². The quantitative estimate of drug-likeness (QED) is 0.281. The highest BCUT2D eigenvalue weighted by atomic mass is 79.9. The van der Waals surface area contributed by atoms with Gasteiger partial charge in [0.25, 0.3) is 5.91 Å². The van der Waals surface area contributed by atoms with Crippen LogP contribution in [0.4, 0.5) is 0 Å². The highest BCUT2D eigenvalue weighted by molar-refractivity contribution is 9.10. The van der Waals surface area contributed by atoms with Gasteiger partial charge in [0, 0.05) is 17.6 Å². The highest BCUT2D eigenvalue weighted by Gasteiger charge is 2.42. The fourth-order valence-corrected chi connectivity index (χ4v) is 4.41. The normalized spacial score (nSPS) is 15.3. The van der Waals surface area contributed by atoms with Crippen LogP contribution < -0.4 is 10.2 Å². The first-order valence-electron chi connectivity index (χ1n) is 10.9. The Bertz CT molecular complexity index is 1250. The van der Waals surface area contributed by atoms with E-state index in [1.807, 2.05) is 38.1 Å². The van der Waals surface area contributed by atoms with Gasteiger partial charge in [-0.3, -0.25) is 9.59 Å². The van der Waals surface area contributed by atoms with E-state index in [1.165, 1.54) is 0 Å². The molecule has 172 valence electrons. The molecule has 0 aliphatic carbocycles. The zero-order valence-electron chi connectivity index (χ0n) is 18.7. The standard InChI is InChI=1S/C26H26BrNO5/c1-4-12-32-19-8-5-7-17(14-19)23-22-24(29)20-15-18(27)9-10-21(20)33-25(22)26(30)28(23)11-6-13-31-16(2)3/h4-5,7-10,14-16,23H,1,6,11-13H2,2-3H3. The fourth-order valence-electron chi connectivity index (χ4n) is 4.05. The summed E-state index contributed by atoms with van der Waals surface area (Å²) in [6.07, 6.45) is 2.42. The number of nitrogens with zero attached hydrogens (tertiary/aromatic N) is 1. The molecule has 1 aromatic heterocycles. The van der Waals surface area contributed by atoms with E-state index in [0.717, 1.165) is 10.0 Å². The van der Waals surface area contributed by atoms with Crippen LogP contribution in [0.15, 0.2) is 68.8 Å². The molecule has 1 aliphatic heterocycles. The zero-order valence-corrected chi connectivity index (χ0v) is 20.3. The molecule has 0 radical (unpaired) electrons. The van der Waals surface area contributed by atoms with Crippen LogP contribution in [-0.4, -0.2) is 36.7 Å². The second kappa shape index (κ2) is 9.93. The lowest BCUT2D eigenvalue weighted by Crippen LogP contribution is -2.31. The summed E-state index contributed by atoms with van der Waals surface area (Å²) in [6, 6.07) is 12.1. The van der Waals surface area contributed by atoms with Crippen LogP contribution in [0.3, 0.4) is 0 Å². The molecule has 1 unspecified atom stereocenters. The Labute approximate surface area is 200 Å². The smallest absolute Gasteiger partial charge is 0.290 e. The summed E-state index contributed by atoms with van der Waals surface area (Å²) in [5.74, 6) is 0.449. The van der Waals surface area contributed by atoms with E-state index in [4.69, 9.17) is 13.9 Å².